The van der Waals surface area contributed by atoms with Crippen molar-refractivity contribution in [3.63, 3.8) is 0 Å². The number of nitrogens with zero attached hydrogens (tertiary/aromatic N) is 2. The molecule has 0 amide bonds. The number of nitrogens with two attached hydrogens (primary N) is 1. The Balaban J connectivity index is 1.73. The number of hydrogen-bond donors (Lipinski definition) is 1. The summed E-state index contributed by atoms with van der Waals surface area (Å²) < 4.78 is 5.77. The van der Waals surface area contributed by atoms with Gasteiger partial charge in [0.1, 0.15) is 18.2 Å². The molecule has 4 nitrogen and oxygen atoms in total. The van der Waals surface area contributed by atoms with Gasteiger partial charge in [0.15, 0.2) is 0 Å². The van der Waals surface area contributed by atoms with Crippen molar-refractivity contribution < 1.29 is 4.74 Å². The summed E-state index contributed by atoms with van der Waals surface area (Å²) in [6.07, 6.45) is 5.17. The van der Waals surface area contributed by atoms with Crippen molar-refractivity contribution in [3.05, 3.63) is 71.6 Å². The SMILES string of the molecule is Nc1ccc(-c2cncc(OCc3ccc(Cl)cc3)c2)cn1. The van der Waals surface area contributed by atoms with Crippen molar-refractivity contribution in [2.75, 3.05) is 5.73 Å². The van der Waals surface area contributed by atoms with Crippen LogP contribution in [-0.2, 0) is 6.61 Å². The smallest absolute Gasteiger partial charge is 0.138 e. The predicted octanol–water partition coefficient (Wildman–Crippen LogP) is 3.96. The minimum Gasteiger partial charge on any atom is -0.487 e. The van der Waals surface area contributed by atoms with Crippen molar-refractivity contribution in [1.29, 1.82) is 0 Å². The molecule has 0 radical (unpaired) electrons. The number of aromatic nitrogens is 2. The van der Waals surface area contributed by atoms with Crippen LogP contribution in [0.25, 0.3) is 11.1 Å². The zero-order valence-electron chi connectivity index (χ0n) is 11.7. The van der Waals surface area contributed by atoms with Gasteiger partial charge in [0.05, 0.1) is 6.20 Å². The quantitative estimate of drug-likeness (QED) is 0.792. The van der Waals surface area contributed by atoms with Crippen molar-refractivity contribution in [2.24, 2.45) is 0 Å². The van der Waals surface area contributed by atoms with E-state index >= 15 is 0 Å². The molecule has 0 unspecified atom stereocenters. The second kappa shape index (κ2) is 6.45. The van der Waals surface area contributed by atoms with Gasteiger partial charge in [-0.25, -0.2) is 4.98 Å². The molecule has 5 heteroatoms. The Labute approximate surface area is 133 Å². The lowest BCUT2D eigenvalue weighted by molar-refractivity contribution is 0.305. The van der Waals surface area contributed by atoms with Crippen molar-refractivity contribution >= 4 is 17.4 Å². The molecule has 0 aliphatic heterocycles. The molecule has 2 N–H and O–H groups in total. The first kappa shape index (κ1) is 14.4. The van der Waals surface area contributed by atoms with Gasteiger partial charge in [-0.05, 0) is 35.9 Å². The number of rotatable bonds is 4. The summed E-state index contributed by atoms with van der Waals surface area (Å²) >= 11 is 5.86. The summed E-state index contributed by atoms with van der Waals surface area (Å²) in [5, 5.41) is 0.711. The molecular weight excluding hydrogens is 298 g/mol. The van der Waals surface area contributed by atoms with Crippen LogP contribution in [0.15, 0.2) is 61.1 Å². The van der Waals surface area contributed by atoms with E-state index in [-0.39, 0.29) is 0 Å². The van der Waals surface area contributed by atoms with E-state index in [4.69, 9.17) is 22.1 Å². The van der Waals surface area contributed by atoms with Crippen LogP contribution in [-0.4, -0.2) is 9.97 Å². The molecule has 0 spiro atoms. The van der Waals surface area contributed by atoms with Crippen LogP contribution >= 0.6 is 11.6 Å². The van der Waals surface area contributed by atoms with E-state index in [1.165, 1.54) is 0 Å². The fourth-order valence-electron chi connectivity index (χ4n) is 1.98. The van der Waals surface area contributed by atoms with Crippen molar-refractivity contribution in [2.45, 2.75) is 6.61 Å². The largest absolute Gasteiger partial charge is 0.487 e. The van der Waals surface area contributed by atoms with Gasteiger partial charge in [0, 0.05) is 28.5 Å². The Kier molecular flexibility index (Phi) is 4.21. The lowest BCUT2D eigenvalue weighted by atomic mass is 10.1. The van der Waals surface area contributed by atoms with E-state index in [9.17, 15) is 0 Å². The molecule has 3 rings (SSSR count). The Morgan fingerprint density at radius 1 is 0.955 bits per heavy atom. The third kappa shape index (κ3) is 3.54. The minimum absolute atomic E-state index is 0.461. The topological polar surface area (TPSA) is 61.0 Å². The first-order valence-electron chi connectivity index (χ1n) is 6.75. The fraction of sp³-hybridized carbons (Fsp3) is 0.0588. The number of hydrogen-bond acceptors (Lipinski definition) is 4. The monoisotopic (exact) mass is 311 g/mol. The Morgan fingerprint density at radius 3 is 2.50 bits per heavy atom. The molecule has 2 heterocycles. The summed E-state index contributed by atoms with van der Waals surface area (Å²) in [5.41, 5.74) is 8.52. The molecule has 0 bridgehead atoms. The second-order valence-corrected chi connectivity index (χ2v) is 5.23. The maximum Gasteiger partial charge on any atom is 0.138 e. The molecule has 0 aliphatic rings. The van der Waals surface area contributed by atoms with Crippen LogP contribution in [0.4, 0.5) is 5.82 Å². The number of nitrogen functional groups attached to an aromatic ring is 1. The van der Waals surface area contributed by atoms with Crippen LogP contribution in [0.2, 0.25) is 5.02 Å². The normalized spacial score (nSPS) is 10.4. The zero-order chi connectivity index (χ0) is 15.4. The maximum absolute atomic E-state index is 5.86. The number of benzene rings is 1. The first-order chi connectivity index (χ1) is 10.7. The van der Waals surface area contributed by atoms with Crippen LogP contribution in [0.5, 0.6) is 5.75 Å². The second-order valence-electron chi connectivity index (χ2n) is 4.80. The summed E-state index contributed by atoms with van der Waals surface area (Å²) in [5.74, 6) is 1.19. The lowest BCUT2D eigenvalue weighted by Gasteiger charge is -2.08. The van der Waals surface area contributed by atoms with Gasteiger partial charge >= 0.3 is 0 Å². The Hall–Kier alpha value is -2.59. The van der Waals surface area contributed by atoms with Crippen LogP contribution < -0.4 is 10.5 Å². The lowest BCUT2D eigenvalue weighted by Crippen LogP contribution is -1.96. The van der Waals surface area contributed by atoms with Crippen LogP contribution in [0.1, 0.15) is 5.56 Å². The van der Waals surface area contributed by atoms with E-state index in [0.29, 0.717) is 23.2 Å². The Bertz CT molecular complexity index is 758. The molecule has 1 aromatic carbocycles. The molecule has 22 heavy (non-hydrogen) atoms. The standard InChI is InChI=1S/C17H14ClN3O/c18-15-4-1-12(2-5-15)11-22-16-7-14(8-20-10-16)13-3-6-17(19)21-9-13/h1-10H,11H2,(H2,19,21). The van der Waals surface area contributed by atoms with Gasteiger partial charge < -0.3 is 10.5 Å². The molecule has 3 aromatic rings. The average molecular weight is 312 g/mol. The fourth-order valence-corrected chi connectivity index (χ4v) is 2.10. The molecule has 2 aromatic heterocycles. The predicted molar refractivity (Wildman–Crippen MR) is 87.7 cm³/mol. The summed E-state index contributed by atoms with van der Waals surface area (Å²) in [4.78, 5) is 8.29. The number of pyridine rings is 2. The van der Waals surface area contributed by atoms with Gasteiger partial charge in [-0.1, -0.05) is 23.7 Å². The number of anilines is 1. The highest BCUT2D eigenvalue weighted by Crippen LogP contribution is 2.23. The molecule has 0 saturated carbocycles. The summed E-state index contributed by atoms with van der Waals surface area (Å²) in [6, 6.07) is 13.1. The highest BCUT2D eigenvalue weighted by Gasteiger charge is 2.02. The van der Waals surface area contributed by atoms with Crippen molar-refractivity contribution in [1.82, 2.24) is 9.97 Å². The van der Waals surface area contributed by atoms with Crippen LogP contribution in [0.3, 0.4) is 0 Å². The molecule has 0 fully saturated rings. The molecule has 0 saturated heterocycles. The van der Waals surface area contributed by atoms with E-state index < -0.39 is 0 Å². The van der Waals surface area contributed by atoms with Gasteiger partial charge in [-0.3, -0.25) is 4.98 Å². The highest BCUT2D eigenvalue weighted by atomic mass is 35.5. The van der Waals surface area contributed by atoms with Gasteiger partial charge in [-0.15, -0.1) is 0 Å². The molecular formula is C17H14ClN3O. The molecule has 0 atom stereocenters. The van der Waals surface area contributed by atoms with E-state index in [2.05, 4.69) is 9.97 Å². The van der Waals surface area contributed by atoms with Crippen LogP contribution in [0, 0.1) is 0 Å². The number of halogens is 1. The minimum atomic E-state index is 0.461. The maximum atomic E-state index is 5.86. The summed E-state index contributed by atoms with van der Waals surface area (Å²) in [6.45, 7) is 0.461. The van der Waals surface area contributed by atoms with E-state index in [1.54, 1.807) is 24.7 Å². The molecule has 110 valence electrons. The Morgan fingerprint density at radius 2 is 1.77 bits per heavy atom. The van der Waals surface area contributed by atoms with E-state index in [1.807, 2.05) is 36.4 Å². The zero-order valence-corrected chi connectivity index (χ0v) is 12.5. The van der Waals surface area contributed by atoms with Crippen molar-refractivity contribution in [3.8, 4) is 16.9 Å². The third-order valence-electron chi connectivity index (χ3n) is 3.15. The third-order valence-corrected chi connectivity index (χ3v) is 3.40. The molecule has 0 aliphatic carbocycles. The average Bonchev–Trinajstić information content (AvgIpc) is 2.55. The van der Waals surface area contributed by atoms with Gasteiger partial charge in [0.2, 0.25) is 0 Å². The van der Waals surface area contributed by atoms with Gasteiger partial charge in [-0.2, -0.15) is 0 Å². The van der Waals surface area contributed by atoms with Gasteiger partial charge in [0.25, 0.3) is 0 Å². The number of ether oxygens (including phenoxy) is 1. The highest BCUT2D eigenvalue weighted by molar-refractivity contribution is 6.30. The van der Waals surface area contributed by atoms with E-state index in [0.717, 1.165) is 16.7 Å². The first-order valence-corrected chi connectivity index (χ1v) is 7.13. The summed E-state index contributed by atoms with van der Waals surface area (Å²) in [7, 11) is 0.